The highest BCUT2D eigenvalue weighted by Gasteiger charge is 2.26. The van der Waals surface area contributed by atoms with Crippen LogP contribution in [0.3, 0.4) is 0 Å². The van der Waals surface area contributed by atoms with Crippen molar-refractivity contribution >= 4 is 43.9 Å². The quantitative estimate of drug-likeness (QED) is 0.187. The molecular formula is C47H29N3O2. The van der Waals surface area contributed by atoms with E-state index in [9.17, 15) is 0 Å². The second-order valence-electron chi connectivity index (χ2n) is 13.5. The molecule has 1 atom stereocenters. The van der Waals surface area contributed by atoms with Gasteiger partial charge < -0.3 is 8.83 Å². The van der Waals surface area contributed by atoms with Crippen LogP contribution in [0.25, 0.3) is 89.2 Å². The first-order valence-electron chi connectivity index (χ1n) is 17.6. The lowest BCUT2D eigenvalue weighted by Crippen LogP contribution is -2.12. The van der Waals surface area contributed by atoms with Crippen LogP contribution >= 0.6 is 0 Å². The summed E-state index contributed by atoms with van der Waals surface area (Å²) >= 11 is 0. The molecule has 0 saturated heterocycles. The van der Waals surface area contributed by atoms with Crippen molar-refractivity contribution in [1.29, 1.82) is 0 Å². The van der Waals surface area contributed by atoms with E-state index in [4.69, 9.17) is 23.8 Å². The smallest absolute Gasteiger partial charge is 0.164 e. The van der Waals surface area contributed by atoms with Crippen molar-refractivity contribution in [2.75, 3.05) is 0 Å². The molecule has 0 radical (unpaired) electrons. The van der Waals surface area contributed by atoms with Gasteiger partial charge in [-0.1, -0.05) is 121 Å². The zero-order valence-corrected chi connectivity index (χ0v) is 28.0. The maximum absolute atomic E-state index is 6.52. The number of aromatic nitrogens is 3. The summed E-state index contributed by atoms with van der Waals surface area (Å²) in [6.45, 7) is 0. The average Bonchev–Trinajstić information content (AvgIpc) is 3.78. The van der Waals surface area contributed by atoms with E-state index in [1.54, 1.807) is 0 Å². The molecule has 0 spiro atoms. The minimum atomic E-state index is 0.261. The van der Waals surface area contributed by atoms with Crippen molar-refractivity contribution in [3.63, 3.8) is 0 Å². The monoisotopic (exact) mass is 667 g/mol. The van der Waals surface area contributed by atoms with Crippen LogP contribution in [-0.4, -0.2) is 15.0 Å². The summed E-state index contributed by atoms with van der Waals surface area (Å²) in [6.07, 6.45) is 0.965. The Morgan fingerprint density at radius 2 is 1.12 bits per heavy atom. The molecule has 1 aliphatic rings. The minimum absolute atomic E-state index is 0.261. The van der Waals surface area contributed by atoms with Crippen molar-refractivity contribution in [2.24, 2.45) is 0 Å². The predicted molar refractivity (Wildman–Crippen MR) is 208 cm³/mol. The van der Waals surface area contributed by atoms with Crippen LogP contribution < -0.4 is 0 Å². The first-order valence-corrected chi connectivity index (χ1v) is 17.6. The molecule has 7 aromatic carbocycles. The van der Waals surface area contributed by atoms with Gasteiger partial charge in [-0.2, -0.15) is 0 Å². The maximum Gasteiger partial charge on any atom is 0.164 e. The summed E-state index contributed by atoms with van der Waals surface area (Å²) in [5.41, 5.74) is 12.7. The van der Waals surface area contributed by atoms with Gasteiger partial charge in [-0.05, 0) is 70.6 Å². The molecule has 0 bridgehead atoms. The van der Waals surface area contributed by atoms with E-state index in [0.29, 0.717) is 17.5 Å². The highest BCUT2D eigenvalue weighted by Crippen LogP contribution is 2.44. The van der Waals surface area contributed by atoms with E-state index in [0.717, 1.165) is 67.0 Å². The minimum Gasteiger partial charge on any atom is -0.456 e. The standard InChI is InChI=1S/C47H29N3O2/c1-2-11-28(12-3-1)45-48-46(50-47(49-45)37-18-10-20-42-44(37)36-17-8-9-19-40(36)51-42)31-21-23-35-39-26-30(22-24-41(39)52-43(35)27-31)38-25-29-13-4-5-14-32(29)33-15-6-7-16-34(33)38/h1-24,26-27,38H,25H2/t38-/m0/s1. The average molecular weight is 668 g/mol. The highest BCUT2D eigenvalue weighted by molar-refractivity contribution is 6.12. The Labute approximate surface area is 298 Å². The molecule has 0 unspecified atom stereocenters. The van der Waals surface area contributed by atoms with Gasteiger partial charge in [-0.3, -0.25) is 0 Å². The van der Waals surface area contributed by atoms with Gasteiger partial charge in [0.1, 0.15) is 22.3 Å². The van der Waals surface area contributed by atoms with E-state index in [1.807, 2.05) is 60.7 Å². The lowest BCUT2D eigenvalue weighted by Gasteiger charge is -2.28. The molecular weight excluding hydrogens is 639 g/mol. The van der Waals surface area contributed by atoms with Crippen molar-refractivity contribution < 1.29 is 8.83 Å². The molecule has 0 aliphatic heterocycles. The molecule has 3 heterocycles. The van der Waals surface area contributed by atoms with Crippen LogP contribution in [0.4, 0.5) is 0 Å². The summed E-state index contributed by atoms with van der Waals surface area (Å²) < 4.78 is 12.7. The van der Waals surface area contributed by atoms with Crippen molar-refractivity contribution in [3.8, 4) is 45.3 Å². The number of para-hydroxylation sites is 1. The molecule has 1 aliphatic carbocycles. The Morgan fingerprint density at radius 3 is 2.04 bits per heavy atom. The number of hydrogen-bond donors (Lipinski definition) is 0. The van der Waals surface area contributed by atoms with Crippen molar-refractivity contribution in [2.45, 2.75) is 12.3 Å². The van der Waals surface area contributed by atoms with Gasteiger partial charge in [-0.15, -0.1) is 0 Å². The van der Waals surface area contributed by atoms with Gasteiger partial charge in [0.25, 0.3) is 0 Å². The van der Waals surface area contributed by atoms with Crippen molar-refractivity contribution in [1.82, 2.24) is 15.0 Å². The van der Waals surface area contributed by atoms with Crippen molar-refractivity contribution in [3.05, 3.63) is 174 Å². The Bertz CT molecular complexity index is 3010. The molecule has 10 aromatic rings. The van der Waals surface area contributed by atoms with E-state index >= 15 is 0 Å². The first kappa shape index (κ1) is 28.9. The zero-order chi connectivity index (χ0) is 34.2. The van der Waals surface area contributed by atoms with Gasteiger partial charge in [-0.25, -0.2) is 15.0 Å². The highest BCUT2D eigenvalue weighted by atomic mass is 16.3. The Hall–Kier alpha value is -6.85. The van der Waals surface area contributed by atoms with Gasteiger partial charge in [0, 0.05) is 44.2 Å². The Kier molecular flexibility index (Phi) is 6.31. The number of nitrogens with zero attached hydrogens (tertiary/aromatic N) is 3. The second-order valence-corrected chi connectivity index (χ2v) is 13.5. The van der Waals surface area contributed by atoms with E-state index in [2.05, 4.69) is 97.1 Å². The van der Waals surface area contributed by atoms with Crippen LogP contribution in [0.1, 0.15) is 22.6 Å². The van der Waals surface area contributed by atoms with E-state index in [1.165, 1.54) is 27.8 Å². The third-order valence-corrected chi connectivity index (χ3v) is 10.5. The van der Waals surface area contributed by atoms with Crippen LogP contribution in [-0.2, 0) is 6.42 Å². The topological polar surface area (TPSA) is 65.0 Å². The summed E-state index contributed by atoms with van der Waals surface area (Å²) in [6, 6.07) is 54.8. The molecule has 5 nitrogen and oxygen atoms in total. The molecule has 11 rings (SSSR count). The summed E-state index contributed by atoms with van der Waals surface area (Å²) in [7, 11) is 0. The van der Waals surface area contributed by atoms with Crippen LogP contribution in [0.2, 0.25) is 0 Å². The molecule has 52 heavy (non-hydrogen) atoms. The maximum atomic E-state index is 6.52. The van der Waals surface area contributed by atoms with E-state index < -0.39 is 0 Å². The van der Waals surface area contributed by atoms with Gasteiger partial charge in [0.05, 0.1) is 0 Å². The number of furan rings is 2. The third-order valence-electron chi connectivity index (χ3n) is 10.5. The van der Waals surface area contributed by atoms with Crippen LogP contribution in [0.5, 0.6) is 0 Å². The second kappa shape index (κ2) is 11.3. The molecule has 0 fully saturated rings. The van der Waals surface area contributed by atoms with Gasteiger partial charge >= 0.3 is 0 Å². The fourth-order valence-corrected chi connectivity index (χ4v) is 8.09. The third kappa shape index (κ3) is 4.53. The van der Waals surface area contributed by atoms with Crippen LogP contribution in [0, 0.1) is 0 Å². The molecule has 5 heteroatoms. The normalized spacial score (nSPS) is 13.9. The van der Waals surface area contributed by atoms with Gasteiger partial charge in [0.2, 0.25) is 0 Å². The molecule has 0 saturated carbocycles. The fourth-order valence-electron chi connectivity index (χ4n) is 8.09. The molecule has 0 amide bonds. The predicted octanol–water partition coefficient (Wildman–Crippen LogP) is 12.0. The Balaban J connectivity index is 1.05. The number of benzene rings is 7. The molecule has 3 aromatic heterocycles. The summed E-state index contributed by atoms with van der Waals surface area (Å²) in [5, 5.41) is 4.19. The fraction of sp³-hybridized carbons (Fsp3) is 0.0426. The lowest BCUT2D eigenvalue weighted by atomic mass is 9.75. The zero-order valence-electron chi connectivity index (χ0n) is 28.0. The number of hydrogen-bond acceptors (Lipinski definition) is 5. The summed E-state index contributed by atoms with van der Waals surface area (Å²) in [4.78, 5) is 15.2. The van der Waals surface area contributed by atoms with Crippen LogP contribution in [0.15, 0.2) is 167 Å². The lowest BCUT2D eigenvalue weighted by molar-refractivity contribution is 0.668. The molecule has 0 N–H and O–H groups in total. The largest absolute Gasteiger partial charge is 0.456 e. The first-order chi connectivity index (χ1) is 25.7. The SMILES string of the molecule is c1ccc(-c2nc(-c3ccc4c(c3)oc3ccc([C@@H]5Cc6ccccc6-c6ccccc65)cc34)nc(-c3cccc4oc5ccccc5c34)n2)cc1. The summed E-state index contributed by atoms with van der Waals surface area (Å²) in [5.74, 6) is 2.03. The molecule has 244 valence electrons. The van der Waals surface area contributed by atoms with Gasteiger partial charge in [0.15, 0.2) is 17.5 Å². The number of fused-ring (bicyclic) bond motifs is 9. The van der Waals surface area contributed by atoms with E-state index in [-0.39, 0.29) is 5.92 Å². The number of rotatable bonds is 4. The Morgan fingerprint density at radius 1 is 0.423 bits per heavy atom.